The van der Waals surface area contributed by atoms with Crippen LogP contribution in [-0.4, -0.2) is 62.4 Å². The van der Waals surface area contributed by atoms with Crippen molar-refractivity contribution in [2.75, 3.05) is 24.2 Å². The number of benzene rings is 2. The summed E-state index contributed by atoms with van der Waals surface area (Å²) in [4.78, 5) is 50.4. The predicted octanol–water partition coefficient (Wildman–Crippen LogP) is 3.01. The van der Waals surface area contributed by atoms with E-state index in [0.717, 1.165) is 23.0 Å². The summed E-state index contributed by atoms with van der Waals surface area (Å²) >= 11 is 1.64. The fourth-order valence-corrected chi connectivity index (χ4v) is 6.52. The molecule has 3 amide bonds. The summed E-state index contributed by atoms with van der Waals surface area (Å²) < 4.78 is 0. The maximum atomic E-state index is 13.5. The molecule has 0 aliphatic carbocycles. The molecule has 2 aromatic carbocycles. The number of fused-ring (bicyclic) bond motifs is 4. The second kappa shape index (κ2) is 7.91. The van der Waals surface area contributed by atoms with E-state index >= 15 is 0 Å². The number of thioether (sulfide) groups is 1. The third-order valence-electron chi connectivity index (χ3n) is 6.71. The summed E-state index contributed by atoms with van der Waals surface area (Å²) in [7, 11) is 0. The molecule has 0 unspecified atom stereocenters. The number of rotatable bonds is 3. The zero-order valence-corrected chi connectivity index (χ0v) is 18.7. The molecule has 9 heteroatoms. The molecular weight excluding hydrogens is 438 g/mol. The number of nitrogens with one attached hydrogen (secondary N) is 2. The van der Waals surface area contributed by atoms with Crippen molar-refractivity contribution < 1.29 is 14.4 Å². The zero-order valence-electron chi connectivity index (χ0n) is 17.9. The van der Waals surface area contributed by atoms with Crippen LogP contribution in [-0.2, 0) is 9.59 Å². The second-order valence-corrected chi connectivity index (χ2v) is 9.83. The van der Waals surface area contributed by atoms with Crippen molar-refractivity contribution in [3.8, 4) is 0 Å². The topological polar surface area (TPSA) is 98.4 Å². The summed E-state index contributed by atoms with van der Waals surface area (Å²) in [6.45, 7) is 0.958. The summed E-state index contributed by atoms with van der Waals surface area (Å²) in [6, 6.07) is 14.7. The number of anilines is 1. The second-order valence-electron chi connectivity index (χ2n) is 8.72. The zero-order chi connectivity index (χ0) is 22.5. The first-order valence-corrected chi connectivity index (χ1v) is 12.2. The average Bonchev–Trinajstić information content (AvgIpc) is 3.53. The van der Waals surface area contributed by atoms with Crippen molar-refractivity contribution in [1.82, 2.24) is 19.8 Å². The fraction of sp³-hybridized carbons (Fsp3) is 0.333. The van der Waals surface area contributed by atoms with Gasteiger partial charge in [0.15, 0.2) is 0 Å². The number of likely N-dealkylation sites (tertiary alicyclic amines) is 1. The highest BCUT2D eigenvalue weighted by Crippen LogP contribution is 2.48. The molecule has 0 spiro atoms. The Labute approximate surface area is 194 Å². The van der Waals surface area contributed by atoms with Gasteiger partial charge < -0.3 is 14.8 Å². The van der Waals surface area contributed by atoms with Crippen molar-refractivity contribution in [2.45, 2.75) is 24.3 Å². The first-order chi connectivity index (χ1) is 16.1. The molecule has 3 aliphatic heterocycles. The third kappa shape index (κ3) is 3.38. The van der Waals surface area contributed by atoms with E-state index in [1.54, 1.807) is 21.6 Å². The Morgan fingerprint density at radius 1 is 1.12 bits per heavy atom. The van der Waals surface area contributed by atoms with Crippen LogP contribution >= 0.6 is 11.8 Å². The number of H-pyrrole nitrogens is 1. The monoisotopic (exact) mass is 461 g/mol. The average molecular weight is 462 g/mol. The van der Waals surface area contributed by atoms with Crippen LogP contribution < -0.4 is 5.32 Å². The molecule has 33 heavy (non-hydrogen) atoms. The molecule has 8 nitrogen and oxygen atoms in total. The van der Waals surface area contributed by atoms with Crippen molar-refractivity contribution in [3.05, 3.63) is 59.7 Å². The molecule has 4 heterocycles. The maximum absolute atomic E-state index is 13.5. The first kappa shape index (κ1) is 20.3. The smallest absolute Gasteiger partial charge is 0.256 e. The lowest BCUT2D eigenvalue weighted by molar-refractivity contribution is -0.138. The first-order valence-electron chi connectivity index (χ1n) is 11.2. The molecule has 3 aromatic rings. The Hall–Kier alpha value is -3.33. The quantitative estimate of drug-likeness (QED) is 0.625. The van der Waals surface area contributed by atoms with E-state index < -0.39 is 6.04 Å². The van der Waals surface area contributed by atoms with Crippen LogP contribution in [0.2, 0.25) is 0 Å². The van der Waals surface area contributed by atoms with Gasteiger partial charge >= 0.3 is 0 Å². The van der Waals surface area contributed by atoms with E-state index in [1.807, 2.05) is 48.5 Å². The minimum absolute atomic E-state index is 0.0626. The van der Waals surface area contributed by atoms with Crippen LogP contribution in [0.25, 0.3) is 11.0 Å². The van der Waals surface area contributed by atoms with Gasteiger partial charge in [0.1, 0.15) is 11.4 Å². The molecule has 2 N–H and O–H groups in total. The molecule has 6 rings (SSSR count). The molecule has 2 saturated heterocycles. The molecular formula is C24H23N5O3S. The minimum atomic E-state index is -0.489. The van der Waals surface area contributed by atoms with E-state index in [2.05, 4.69) is 15.3 Å². The Balaban J connectivity index is 1.14. The van der Waals surface area contributed by atoms with Gasteiger partial charge in [0, 0.05) is 24.4 Å². The summed E-state index contributed by atoms with van der Waals surface area (Å²) in [5, 5.41) is 2.78. The minimum Gasteiger partial charge on any atom is -0.340 e. The summed E-state index contributed by atoms with van der Waals surface area (Å²) in [5.74, 6) is 0.403. The van der Waals surface area contributed by atoms with Crippen molar-refractivity contribution in [1.29, 1.82) is 0 Å². The maximum Gasteiger partial charge on any atom is 0.256 e. The van der Waals surface area contributed by atoms with Gasteiger partial charge in [0.05, 0.1) is 17.0 Å². The number of carbonyl (C=O) groups is 3. The Kier molecular flexibility index (Phi) is 4.86. The number of para-hydroxylation sites is 2. The van der Waals surface area contributed by atoms with Crippen molar-refractivity contribution >= 4 is 46.5 Å². The van der Waals surface area contributed by atoms with E-state index in [4.69, 9.17) is 0 Å². The lowest BCUT2D eigenvalue weighted by Gasteiger charge is -2.35. The normalized spacial score (nSPS) is 24.1. The van der Waals surface area contributed by atoms with Crippen LogP contribution in [0.4, 0.5) is 5.95 Å². The van der Waals surface area contributed by atoms with Gasteiger partial charge in [-0.05, 0) is 36.6 Å². The van der Waals surface area contributed by atoms with Crippen LogP contribution in [0.15, 0.2) is 48.5 Å². The van der Waals surface area contributed by atoms with Crippen LogP contribution in [0.3, 0.4) is 0 Å². The predicted molar refractivity (Wildman–Crippen MR) is 126 cm³/mol. The van der Waals surface area contributed by atoms with E-state index in [1.165, 1.54) is 0 Å². The van der Waals surface area contributed by atoms with Crippen LogP contribution in [0.5, 0.6) is 0 Å². The van der Waals surface area contributed by atoms with Crippen molar-refractivity contribution in [3.63, 3.8) is 0 Å². The number of piperidine rings is 1. The standard InChI is InChI=1S/C24H23N5O3S/c30-20(27-24-25-17-9-3-4-10-18(17)26-24)14-6-5-11-28(12-14)22(32)19-13-33-23-16-8-2-1-7-15(16)21(31)29(19)23/h1-4,7-10,14,19,23H,5-6,11-13H2,(H2,25,26,27,30)/t14-,19-,23+/m1/s1. The number of nitrogens with zero attached hydrogens (tertiary/aromatic N) is 3. The van der Waals surface area contributed by atoms with Gasteiger partial charge in [-0.3, -0.25) is 19.7 Å². The highest BCUT2D eigenvalue weighted by atomic mass is 32.2. The Morgan fingerprint density at radius 3 is 2.82 bits per heavy atom. The number of carbonyl (C=O) groups excluding carboxylic acids is 3. The SMILES string of the molecule is O=C(Nc1nc2ccccc2[nH]1)[C@@H]1CCCN(C(=O)[C@H]2CS[C@H]3c4ccccc4C(=O)N23)C1. The third-order valence-corrected chi connectivity index (χ3v) is 8.02. The molecule has 3 atom stereocenters. The lowest BCUT2D eigenvalue weighted by atomic mass is 9.96. The highest BCUT2D eigenvalue weighted by molar-refractivity contribution is 7.99. The van der Waals surface area contributed by atoms with Gasteiger partial charge in [-0.1, -0.05) is 30.3 Å². The number of amides is 3. The lowest BCUT2D eigenvalue weighted by Crippen LogP contribution is -2.52. The number of hydrogen-bond acceptors (Lipinski definition) is 5. The molecule has 3 aliphatic rings. The van der Waals surface area contributed by atoms with Gasteiger partial charge in [-0.25, -0.2) is 4.98 Å². The van der Waals surface area contributed by atoms with Gasteiger partial charge in [0.2, 0.25) is 17.8 Å². The summed E-state index contributed by atoms with van der Waals surface area (Å²) in [5.41, 5.74) is 3.33. The Morgan fingerprint density at radius 2 is 1.94 bits per heavy atom. The molecule has 0 bridgehead atoms. The van der Waals surface area contributed by atoms with Gasteiger partial charge in [-0.15, -0.1) is 11.8 Å². The molecule has 168 valence electrons. The van der Waals surface area contributed by atoms with Crippen LogP contribution in [0.1, 0.15) is 34.1 Å². The van der Waals surface area contributed by atoms with E-state index in [9.17, 15) is 14.4 Å². The highest BCUT2D eigenvalue weighted by Gasteiger charge is 2.49. The number of aromatic amines is 1. The molecule has 1 aromatic heterocycles. The largest absolute Gasteiger partial charge is 0.340 e. The van der Waals surface area contributed by atoms with Crippen LogP contribution in [0, 0.1) is 5.92 Å². The van der Waals surface area contributed by atoms with Gasteiger partial charge in [-0.2, -0.15) is 0 Å². The van der Waals surface area contributed by atoms with Crippen molar-refractivity contribution in [2.24, 2.45) is 5.92 Å². The summed E-state index contributed by atoms with van der Waals surface area (Å²) in [6.07, 6.45) is 1.47. The number of imidazole rings is 1. The van der Waals surface area contributed by atoms with Gasteiger partial charge in [0.25, 0.3) is 5.91 Å². The number of aromatic nitrogens is 2. The Bertz CT molecular complexity index is 1240. The molecule has 0 saturated carbocycles. The fourth-order valence-electron chi connectivity index (χ4n) is 5.06. The molecule has 2 fully saturated rings. The number of hydrogen-bond donors (Lipinski definition) is 2. The van der Waals surface area contributed by atoms with E-state index in [0.29, 0.717) is 36.8 Å². The molecule has 0 radical (unpaired) electrons. The van der Waals surface area contributed by atoms with E-state index in [-0.39, 0.29) is 29.0 Å².